The third-order valence-electron chi connectivity index (χ3n) is 4.08. The quantitative estimate of drug-likeness (QED) is 0.932. The predicted octanol–water partition coefficient (Wildman–Crippen LogP) is 1.57. The van der Waals surface area contributed by atoms with Crippen molar-refractivity contribution in [2.45, 2.75) is 19.1 Å². The summed E-state index contributed by atoms with van der Waals surface area (Å²) in [5.74, 6) is 0. The van der Waals surface area contributed by atoms with Crippen LogP contribution in [0.4, 0.5) is 4.79 Å². The van der Waals surface area contributed by atoms with Gasteiger partial charge in [0.1, 0.15) is 0 Å². The third kappa shape index (κ3) is 4.10. The summed E-state index contributed by atoms with van der Waals surface area (Å²) in [5, 5.41) is 7.05. The molecule has 0 bridgehead atoms. The molecular weight excluding hydrogens is 292 g/mol. The number of nitrogens with one attached hydrogen (secondary N) is 1. The molecule has 1 atom stereocenters. The summed E-state index contributed by atoms with van der Waals surface area (Å²) in [6.07, 6.45) is 2.60. The summed E-state index contributed by atoms with van der Waals surface area (Å²) in [4.78, 5) is 14.2. The second kappa shape index (κ2) is 7.28. The number of hydrogen-bond acceptors (Lipinski definition) is 3. The number of morpholine rings is 1. The topological polar surface area (TPSA) is 59.4 Å². The number of rotatable bonds is 4. The first-order valence-electron chi connectivity index (χ1n) is 7.87. The molecule has 0 radical (unpaired) electrons. The Morgan fingerprint density at radius 1 is 1.35 bits per heavy atom. The molecule has 1 aliphatic heterocycles. The SMILES string of the molecule is Cn1nccc1CNC(=O)N1CCOC(Cc2ccccc2)C1. The molecule has 122 valence electrons. The standard InChI is InChI=1S/C17H22N4O2/c1-20-15(7-8-19-20)12-18-17(22)21-9-10-23-16(13-21)11-14-5-3-2-4-6-14/h2-8,16H,9-13H2,1H3,(H,18,22). The number of benzene rings is 1. The molecule has 1 aromatic heterocycles. The van der Waals surface area contributed by atoms with Crippen LogP contribution in [0.2, 0.25) is 0 Å². The van der Waals surface area contributed by atoms with Gasteiger partial charge in [-0.25, -0.2) is 4.79 Å². The van der Waals surface area contributed by atoms with E-state index in [1.54, 1.807) is 10.9 Å². The molecule has 23 heavy (non-hydrogen) atoms. The number of nitrogens with zero attached hydrogens (tertiary/aromatic N) is 3. The molecule has 1 saturated heterocycles. The van der Waals surface area contributed by atoms with Crippen molar-refractivity contribution in [1.82, 2.24) is 20.0 Å². The minimum absolute atomic E-state index is 0.0486. The Morgan fingerprint density at radius 3 is 2.91 bits per heavy atom. The molecule has 2 amide bonds. The van der Waals surface area contributed by atoms with Crippen molar-refractivity contribution in [2.24, 2.45) is 7.05 Å². The summed E-state index contributed by atoms with van der Waals surface area (Å²) >= 11 is 0. The van der Waals surface area contributed by atoms with E-state index in [1.807, 2.05) is 36.2 Å². The van der Waals surface area contributed by atoms with Crippen molar-refractivity contribution in [3.05, 3.63) is 53.9 Å². The lowest BCUT2D eigenvalue weighted by molar-refractivity contribution is -0.0133. The number of amides is 2. The average molecular weight is 314 g/mol. The molecule has 1 fully saturated rings. The molecule has 0 saturated carbocycles. The van der Waals surface area contributed by atoms with Crippen LogP contribution in [-0.2, 0) is 24.8 Å². The van der Waals surface area contributed by atoms with Gasteiger partial charge in [0, 0.05) is 32.8 Å². The van der Waals surface area contributed by atoms with E-state index in [2.05, 4.69) is 22.5 Å². The van der Waals surface area contributed by atoms with Gasteiger partial charge < -0.3 is 15.0 Å². The maximum Gasteiger partial charge on any atom is 0.317 e. The molecule has 1 unspecified atom stereocenters. The molecule has 0 aliphatic carbocycles. The van der Waals surface area contributed by atoms with Crippen molar-refractivity contribution < 1.29 is 9.53 Å². The van der Waals surface area contributed by atoms with E-state index in [4.69, 9.17) is 4.74 Å². The zero-order valence-electron chi connectivity index (χ0n) is 13.3. The Labute approximate surface area is 136 Å². The van der Waals surface area contributed by atoms with Gasteiger partial charge in [-0.05, 0) is 11.6 Å². The fourth-order valence-electron chi connectivity index (χ4n) is 2.76. The van der Waals surface area contributed by atoms with Gasteiger partial charge in [0.15, 0.2) is 0 Å². The summed E-state index contributed by atoms with van der Waals surface area (Å²) in [5.41, 5.74) is 2.21. The van der Waals surface area contributed by atoms with Crippen LogP contribution in [0.5, 0.6) is 0 Å². The fraction of sp³-hybridized carbons (Fsp3) is 0.412. The highest BCUT2D eigenvalue weighted by Gasteiger charge is 2.24. The summed E-state index contributed by atoms with van der Waals surface area (Å²) in [6, 6.07) is 12.1. The van der Waals surface area contributed by atoms with Gasteiger partial charge >= 0.3 is 6.03 Å². The molecular formula is C17H22N4O2. The molecule has 2 heterocycles. The fourth-order valence-corrected chi connectivity index (χ4v) is 2.76. The van der Waals surface area contributed by atoms with Crippen molar-refractivity contribution in [3.63, 3.8) is 0 Å². The average Bonchev–Trinajstić information content (AvgIpc) is 2.99. The van der Waals surface area contributed by atoms with Crippen LogP contribution in [0.3, 0.4) is 0 Å². The highest BCUT2D eigenvalue weighted by atomic mass is 16.5. The largest absolute Gasteiger partial charge is 0.374 e. The van der Waals surface area contributed by atoms with Crippen LogP contribution in [0.1, 0.15) is 11.3 Å². The Kier molecular flexibility index (Phi) is 4.92. The summed E-state index contributed by atoms with van der Waals surface area (Å²) in [7, 11) is 1.87. The van der Waals surface area contributed by atoms with Crippen LogP contribution < -0.4 is 5.32 Å². The van der Waals surface area contributed by atoms with E-state index >= 15 is 0 Å². The Morgan fingerprint density at radius 2 is 2.17 bits per heavy atom. The first-order chi connectivity index (χ1) is 11.2. The second-order valence-electron chi connectivity index (χ2n) is 5.73. The minimum Gasteiger partial charge on any atom is -0.374 e. The number of urea groups is 1. The molecule has 1 aliphatic rings. The molecule has 3 rings (SSSR count). The zero-order valence-corrected chi connectivity index (χ0v) is 13.3. The lowest BCUT2D eigenvalue weighted by Gasteiger charge is -2.33. The zero-order chi connectivity index (χ0) is 16.1. The number of carbonyl (C=O) groups is 1. The Balaban J connectivity index is 1.51. The van der Waals surface area contributed by atoms with Gasteiger partial charge in [0.25, 0.3) is 0 Å². The lowest BCUT2D eigenvalue weighted by atomic mass is 10.1. The first kappa shape index (κ1) is 15.6. The predicted molar refractivity (Wildman–Crippen MR) is 86.9 cm³/mol. The number of ether oxygens (including phenoxy) is 1. The lowest BCUT2D eigenvalue weighted by Crippen LogP contribution is -2.50. The molecule has 0 spiro atoms. The Bertz CT molecular complexity index is 641. The second-order valence-corrected chi connectivity index (χ2v) is 5.73. The Hall–Kier alpha value is -2.34. The van der Waals surface area contributed by atoms with Crippen molar-refractivity contribution >= 4 is 6.03 Å². The smallest absolute Gasteiger partial charge is 0.317 e. The van der Waals surface area contributed by atoms with Crippen LogP contribution >= 0.6 is 0 Å². The van der Waals surface area contributed by atoms with Gasteiger partial charge in [-0.3, -0.25) is 4.68 Å². The van der Waals surface area contributed by atoms with E-state index in [-0.39, 0.29) is 12.1 Å². The van der Waals surface area contributed by atoms with E-state index in [0.717, 1.165) is 12.1 Å². The van der Waals surface area contributed by atoms with Gasteiger partial charge in [0.05, 0.1) is 24.9 Å². The van der Waals surface area contributed by atoms with E-state index in [0.29, 0.717) is 26.2 Å². The molecule has 6 nitrogen and oxygen atoms in total. The minimum atomic E-state index is -0.0486. The van der Waals surface area contributed by atoms with E-state index in [1.165, 1.54) is 5.56 Å². The number of aromatic nitrogens is 2. The van der Waals surface area contributed by atoms with Gasteiger partial charge in [-0.15, -0.1) is 0 Å². The van der Waals surface area contributed by atoms with Crippen LogP contribution in [-0.4, -0.2) is 46.5 Å². The number of hydrogen-bond donors (Lipinski definition) is 1. The summed E-state index contributed by atoms with van der Waals surface area (Å²) < 4.78 is 7.56. The highest BCUT2D eigenvalue weighted by Crippen LogP contribution is 2.12. The van der Waals surface area contributed by atoms with Crippen LogP contribution in [0, 0.1) is 0 Å². The van der Waals surface area contributed by atoms with Crippen molar-refractivity contribution in [2.75, 3.05) is 19.7 Å². The summed E-state index contributed by atoms with van der Waals surface area (Å²) in [6.45, 7) is 2.31. The highest BCUT2D eigenvalue weighted by molar-refractivity contribution is 5.74. The molecule has 2 aromatic rings. The number of aryl methyl sites for hydroxylation is 1. The maximum absolute atomic E-state index is 12.3. The normalized spacial score (nSPS) is 18.0. The van der Waals surface area contributed by atoms with Gasteiger partial charge in [-0.2, -0.15) is 5.10 Å². The maximum atomic E-state index is 12.3. The van der Waals surface area contributed by atoms with E-state index < -0.39 is 0 Å². The van der Waals surface area contributed by atoms with Crippen molar-refractivity contribution in [1.29, 1.82) is 0 Å². The molecule has 6 heteroatoms. The third-order valence-corrected chi connectivity index (χ3v) is 4.08. The van der Waals surface area contributed by atoms with E-state index in [9.17, 15) is 4.79 Å². The molecule has 1 N–H and O–H groups in total. The first-order valence-corrected chi connectivity index (χ1v) is 7.87. The van der Waals surface area contributed by atoms with Gasteiger partial charge in [-0.1, -0.05) is 30.3 Å². The van der Waals surface area contributed by atoms with Crippen molar-refractivity contribution in [3.8, 4) is 0 Å². The number of carbonyl (C=O) groups excluding carboxylic acids is 1. The monoisotopic (exact) mass is 314 g/mol. The van der Waals surface area contributed by atoms with Crippen LogP contribution in [0.15, 0.2) is 42.6 Å². The van der Waals surface area contributed by atoms with Crippen LogP contribution in [0.25, 0.3) is 0 Å². The molecule has 1 aromatic carbocycles. The van der Waals surface area contributed by atoms with Gasteiger partial charge in [0.2, 0.25) is 0 Å².